The first-order chi connectivity index (χ1) is 5.52. The van der Waals surface area contributed by atoms with Crippen molar-refractivity contribution in [2.45, 2.75) is 11.8 Å². The highest BCUT2D eigenvalue weighted by Crippen LogP contribution is 2.30. The summed E-state index contributed by atoms with van der Waals surface area (Å²) >= 11 is 8.88. The maximum atomic E-state index is 12.7. The molecule has 0 aliphatic heterocycles. The van der Waals surface area contributed by atoms with Gasteiger partial charge in [-0.25, -0.2) is 8.78 Å². The van der Waals surface area contributed by atoms with Gasteiger partial charge in [0, 0.05) is 9.85 Å². The minimum atomic E-state index is -0.920. The van der Waals surface area contributed by atoms with E-state index in [1.165, 1.54) is 0 Å². The van der Waals surface area contributed by atoms with Gasteiger partial charge in [0.15, 0.2) is 11.6 Å². The van der Waals surface area contributed by atoms with Gasteiger partial charge in [-0.3, -0.25) is 0 Å². The van der Waals surface area contributed by atoms with Crippen molar-refractivity contribution >= 4 is 27.5 Å². The van der Waals surface area contributed by atoms with Crippen LogP contribution >= 0.6 is 27.5 Å². The van der Waals surface area contributed by atoms with Gasteiger partial charge in [-0.05, 0) is 24.6 Å². The summed E-state index contributed by atoms with van der Waals surface area (Å²) in [5.74, 6) is -1.79. The lowest BCUT2D eigenvalue weighted by Crippen LogP contribution is -1.91. The summed E-state index contributed by atoms with van der Waals surface area (Å²) in [5, 5.41) is 0.235. The minimum Gasteiger partial charge on any atom is -0.204 e. The quantitative estimate of drug-likeness (QED) is 0.524. The molecule has 0 nitrogen and oxygen atoms in total. The predicted molar refractivity (Wildman–Crippen MR) is 48.7 cm³/mol. The third-order valence-corrected chi connectivity index (χ3v) is 2.29. The second-order valence-corrected chi connectivity index (χ2v) is 4.18. The molecule has 66 valence electrons. The average Bonchev–Trinajstić information content (AvgIpc) is 1.96. The zero-order valence-electron chi connectivity index (χ0n) is 6.24. The number of hydrogen-bond donors (Lipinski definition) is 0. The van der Waals surface area contributed by atoms with Crippen LogP contribution in [0.25, 0.3) is 0 Å². The molecule has 0 N–H and O–H groups in total. The summed E-state index contributed by atoms with van der Waals surface area (Å²) in [6.07, 6.45) is 0. The van der Waals surface area contributed by atoms with Crippen molar-refractivity contribution in [1.29, 1.82) is 0 Å². The van der Waals surface area contributed by atoms with Gasteiger partial charge in [0.1, 0.15) is 0 Å². The SMILES string of the molecule is CC(Br)c1cc(F)c(F)cc1Cl. The maximum absolute atomic E-state index is 12.7. The van der Waals surface area contributed by atoms with Gasteiger partial charge >= 0.3 is 0 Å². The van der Waals surface area contributed by atoms with E-state index in [2.05, 4.69) is 15.9 Å². The van der Waals surface area contributed by atoms with Gasteiger partial charge in [0.05, 0.1) is 0 Å². The lowest BCUT2D eigenvalue weighted by atomic mass is 10.1. The molecule has 1 aromatic rings. The molecule has 0 bridgehead atoms. The van der Waals surface area contributed by atoms with E-state index in [0.29, 0.717) is 5.56 Å². The largest absolute Gasteiger partial charge is 0.204 e. The summed E-state index contributed by atoms with van der Waals surface area (Å²) in [7, 11) is 0. The fourth-order valence-corrected chi connectivity index (χ4v) is 1.67. The van der Waals surface area contributed by atoms with Gasteiger partial charge in [-0.15, -0.1) is 0 Å². The van der Waals surface area contributed by atoms with E-state index in [9.17, 15) is 8.78 Å². The van der Waals surface area contributed by atoms with Gasteiger partial charge < -0.3 is 0 Å². The topological polar surface area (TPSA) is 0 Å². The fourth-order valence-electron chi connectivity index (χ4n) is 0.843. The number of halogens is 4. The first-order valence-corrected chi connectivity index (χ1v) is 4.60. The molecule has 1 aromatic carbocycles. The Hall–Kier alpha value is -0.150. The molecule has 1 rings (SSSR count). The highest BCUT2D eigenvalue weighted by atomic mass is 79.9. The van der Waals surface area contributed by atoms with Crippen molar-refractivity contribution in [1.82, 2.24) is 0 Å². The summed E-state index contributed by atoms with van der Waals surface area (Å²) in [6, 6.07) is 2.07. The summed E-state index contributed by atoms with van der Waals surface area (Å²) in [4.78, 5) is -0.0832. The highest BCUT2D eigenvalue weighted by molar-refractivity contribution is 9.09. The van der Waals surface area contributed by atoms with E-state index in [-0.39, 0.29) is 9.85 Å². The Kier molecular flexibility index (Phi) is 3.07. The Morgan fingerprint density at radius 1 is 1.33 bits per heavy atom. The molecule has 0 aliphatic carbocycles. The predicted octanol–water partition coefficient (Wildman–Crippen LogP) is 4.07. The third kappa shape index (κ3) is 1.96. The molecule has 1 unspecified atom stereocenters. The molecule has 0 saturated carbocycles. The summed E-state index contributed by atoms with van der Waals surface area (Å²) in [5.41, 5.74) is 0.551. The molecule has 0 saturated heterocycles. The zero-order valence-corrected chi connectivity index (χ0v) is 8.59. The Morgan fingerprint density at radius 2 is 1.83 bits per heavy atom. The first kappa shape index (κ1) is 9.93. The highest BCUT2D eigenvalue weighted by Gasteiger charge is 2.11. The normalized spacial score (nSPS) is 13.1. The van der Waals surface area contributed by atoms with E-state index in [0.717, 1.165) is 12.1 Å². The van der Waals surface area contributed by atoms with Crippen molar-refractivity contribution < 1.29 is 8.78 Å². The van der Waals surface area contributed by atoms with E-state index < -0.39 is 11.6 Å². The van der Waals surface area contributed by atoms with E-state index in [4.69, 9.17) is 11.6 Å². The van der Waals surface area contributed by atoms with Crippen molar-refractivity contribution in [3.05, 3.63) is 34.4 Å². The number of benzene rings is 1. The smallest absolute Gasteiger partial charge is 0.160 e. The van der Waals surface area contributed by atoms with Crippen LogP contribution in [0.1, 0.15) is 17.3 Å². The molecule has 12 heavy (non-hydrogen) atoms. The van der Waals surface area contributed by atoms with Gasteiger partial charge in [0.25, 0.3) is 0 Å². The number of rotatable bonds is 1. The molecule has 0 fully saturated rings. The lowest BCUT2D eigenvalue weighted by molar-refractivity contribution is 0.507. The van der Waals surface area contributed by atoms with Crippen LogP contribution in [0, 0.1) is 11.6 Å². The second kappa shape index (κ2) is 3.71. The molecular weight excluding hydrogens is 249 g/mol. The standard InChI is InChI=1S/C8H6BrClF2/c1-4(9)5-2-7(11)8(12)3-6(5)10/h2-4H,1H3. The number of hydrogen-bond acceptors (Lipinski definition) is 0. The third-order valence-electron chi connectivity index (χ3n) is 1.47. The van der Waals surface area contributed by atoms with E-state index in [1.54, 1.807) is 6.92 Å². The van der Waals surface area contributed by atoms with E-state index in [1.807, 2.05) is 0 Å². The van der Waals surface area contributed by atoms with Crippen LogP contribution in [0.2, 0.25) is 5.02 Å². The molecule has 0 radical (unpaired) electrons. The van der Waals surface area contributed by atoms with Crippen molar-refractivity contribution in [2.24, 2.45) is 0 Å². The lowest BCUT2D eigenvalue weighted by Gasteiger charge is -2.06. The maximum Gasteiger partial charge on any atom is 0.160 e. The van der Waals surface area contributed by atoms with Crippen molar-refractivity contribution in [2.75, 3.05) is 0 Å². The molecule has 4 heteroatoms. The molecule has 0 heterocycles. The zero-order chi connectivity index (χ0) is 9.30. The van der Waals surface area contributed by atoms with Crippen LogP contribution in [0.5, 0.6) is 0 Å². The molecule has 0 aromatic heterocycles. The monoisotopic (exact) mass is 254 g/mol. The van der Waals surface area contributed by atoms with Gasteiger partial charge in [-0.1, -0.05) is 27.5 Å². The van der Waals surface area contributed by atoms with Gasteiger partial charge in [0.2, 0.25) is 0 Å². The summed E-state index contributed by atoms with van der Waals surface area (Å²) in [6.45, 7) is 1.79. The summed E-state index contributed by atoms with van der Waals surface area (Å²) < 4.78 is 25.2. The van der Waals surface area contributed by atoms with Crippen LogP contribution in [0.4, 0.5) is 8.78 Å². The van der Waals surface area contributed by atoms with Crippen molar-refractivity contribution in [3.63, 3.8) is 0 Å². The minimum absolute atomic E-state index is 0.0832. The van der Waals surface area contributed by atoms with Crippen LogP contribution in [0.15, 0.2) is 12.1 Å². The Labute approximate surface area is 82.7 Å². The van der Waals surface area contributed by atoms with Crippen LogP contribution < -0.4 is 0 Å². The van der Waals surface area contributed by atoms with Crippen molar-refractivity contribution in [3.8, 4) is 0 Å². The van der Waals surface area contributed by atoms with E-state index >= 15 is 0 Å². The fraction of sp³-hybridized carbons (Fsp3) is 0.250. The molecule has 0 aliphatic rings. The van der Waals surface area contributed by atoms with Gasteiger partial charge in [-0.2, -0.15) is 0 Å². The molecule has 0 spiro atoms. The molecule has 0 amide bonds. The first-order valence-electron chi connectivity index (χ1n) is 3.31. The molecular formula is C8H6BrClF2. The Bertz CT molecular complexity index is 299. The van der Waals surface area contributed by atoms with Crippen LogP contribution in [-0.4, -0.2) is 0 Å². The van der Waals surface area contributed by atoms with Crippen LogP contribution in [0.3, 0.4) is 0 Å². The molecule has 1 atom stereocenters. The van der Waals surface area contributed by atoms with Crippen LogP contribution in [-0.2, 0) is 0 Å². The Morgan fingerprint density at radius 3 is 2.33 bits per heavy atom. The average molecular weight is 255 g/mol. The Balaban J connectivity index is 3.23. The second-order valence-electron chi connectivity index (χ2n) is 2.40. The number of alkyl halides is 1.